The molecule has 1 rings (SSSR count). The third kappa shape index (κ3) is 9.70. The van der Waals surface area contributed by atoms with Crippen molar-refractivity contribution in [3.8, 4) is 0 Å². The molecule has 24 heavy (non-hydrogen) atoms. The number of ketones is 1. The maximum atomic E-state index is 11.2. The van der Waals surface area contributed by atoms with Gasteiger partial charge in [0.05, 0.1) is 27.1 Å². The molecule has 2 unspecified atom stereocenters. The van der Waals surface area contributed by atoms with Gasteiger partial charge in [0.2, 0.25) is 6.10 Å². The van der Waals surface area contributed by atoms with E-state index < -0.39 is 24.1 Å². The largest absolute Gasteiger partial charge is 0.545 e. The van der Waals surface area contributed by atoms with Crippen molar-refractivity contribution in [2.45, 2.75) is 26.1 Å². The normalized spacial score (nSPS) is 13.1. The number of benzene rings is 1. The van der Waals surface area contributed by atoms with Gasteiger partial charge in [-0.05, 0) is 19.4 Å². The Labute approximate surface area is 142 Å². The number of rotatable bonds is 6. The Morgan fingerprint density at radius 1 is 1.17 bits per heavy atom. The van der Waals surface area contributed by atoms with E-state index in [1.165, 1.54) is 26.0 Å². The number of hydrogen-bond acceptors (Lipinski definition) is 6. The molecule has 1 aromatic rings. The van der Waals surface area contributed by atoms with Gasteiger partial charge in [-0.25, -0.2) is 4.79 Å². The van der Waals surface area contributed by atoms with Crippen molar-refractivity contribution in [1.29, 1.82) is 0 Å². The molecule has 0 aliphatic heterocycles. The summed E-state index contributed by atoms with van der Waals surface area (Å²) in [6.07, 6.45) is -1.98. The predicted octanol–water partition coefficient (Wildman–Crippen LogP) is -0.376. The van der Waals surface area contributed by atoms with Crippen LogP contribution in [0.1, 0.15) is 24.2 Å². The summed E-state index contributed by atoms with van der Waals surface area (Å²) >= 11 is 0. The molecule has 0 aromatic heterocycles. The standard InChI is InChI=1S/C10H20NO4.C7H6O2/c1-7(12)9(6-11(3,4)5)15-10(14)8(2)13;8-7(9)6-4-2-1-3-5-6/h8-9,13H,6H2,1-5H3;1-5H,(H,8,9)/q+1;/p-1. The van der Waals surface area contributed by atoms with Crippen LogP contribution in [0.5, 0.6) is 0 Å². The summed E-state index contributed by atoms with van der Waals surface area (Å²) in [7, 11) is 5.68. The van der Waals surface area contributed by atoms with Crippen LogP contribution in [0.25, 0.3) is 0 Å². The number of hydrogen-bond donors (Lipinski definition) is 1. The zero-order valence-electron chi connectivity index (χ0n) is 14.7. The van der Waals surface area contributed by atoms with Crippen molar-refractivity contribution in [1.82, 2.24) is 0 Å². The van der Waals surface area contributed by atoms with Gasteiger partial charge in [0.15, 0.2) is 5.78 Å². The Kier molecular flexibility index (Phi) is 8.87. The molecule has 0 aliphatic rings. The molecule has 0 radical (unpaired) electrons. The van der Waals surface area contributed by atoms with E-state index in [1.54, 1.807) is 18.2 Å². The lowest BCUT2D eigenvalue weighted by molar-refractivity contribution is -0.872. The molecule has 7 nitrogen and oxygen atoms in total. The molecular formula is C17H25NO6. The molecule has 1 aromatic carbocycles. The van der Waals surface area contributed by atoms with E-state index in [0.29, 0.717) is 11.0 Å². The van der Waals surface area contributed by atoms with Gasteiger partial charge < -0.3 is 24.2 Å². The fourth-order valence-corrected chi connectivity index (χ4v) is 1.56. The van der Waals surface area contributed by atoms with E-state index >= 15 is 0 Å². The van der Waals surface area contributed by atoms with Gasteiger partial charge in [0.1, 0.15) is 12.6 Å². The topological polar surface area (TPSA) is 104 Å². The fourth-order valence-electron chi connectivity index (χ4n) is 1.56. The number of nitrogens with zero attached hydrogens (tertiary/aromatic N) is 1. The number of likely N-dealkylation sites (N-methyl/N-ethyl adjacent to an activating group) is 1. The monoisotopic (exact) mass is 339 g/mol. The molecular weight excluding hydrogens is 314 g/mol. The second-order valence-corrected chi connectivity index (χ2v) is 6.34. The molecule has 134 valence electrons. The van der Waals surface area contributed by atoms with Crippen molar-refractivity contribution in [3.63, 3.8) is 0 Å². The summed E-state index contributed by atoms with van der Waals surface area (Å²) in [5, 5.41) is 19.0. The minimum atomic E-state index is -1.20. The highest BCUT2D eigenvalue weighted by molar-refractivity contribution is 5.85. The number of carbonyl (C=O) groups is 3. The number of ether oxygens (including phenoxy) is 1. The Bertz CT molecular complexity index is 548. The number of esters is 1. The Morgan fingerprint density at radius 3 is 1.96 bits per heavy atom. The minimum Gasteiger partial charge on any atom is -0.545 e. The Morgan fingerprint density at radius 2 is 1.67 bits per heavy atom. The number of carboxylic acids is 1. The van der Waals surface area contributed by atoms with E-state index in [2.05, 4.69) is 0 Å². The van der Waals surface area contributed by atoms with Gasteiger partial charge in [0.25, 0.3) is 0 Å². The zero-order chi connectivity index (χ0) is 18.9. The van der Waals surface area contributed by atoms with Crippen LogP contribution in [-0.2, 0) is 14.3 Å². The molecule has 0 saturated carbocycles. The third-order valence-corrected chi connectivity index (χ3v) is 2.78. The summed E-state index contributed by atoms with van der Waals surface area (Å²) in [6, 6.07) is 8.06. The second kappa shape index (κ2) is 9.79. The first-order valence-corrected chi connectivity index (χ1v) is 7.40. The number of carbonyl (C=O) groups excluding carboxylic acids is 3. The Hall–Kier alpha value is -2.25. The molecule has 2 atom stereocenters. The van der Waals surface area contributed by atoms with Crippen LogP contribution < -0.4 is 5.11 Å². The van der Waals surface area contributed by atoms with Crippen molar-refractivity contribution < 1.29 is 33.8 Å². The smallest absolute Gasteiger partial charge is 0.335 e. The van der Waals surface area contributed by atoms with Crippen LogP contribution in [0.15, 0.2) is 30.3 Å². The highest BCUT2D eigenvalue weighted by atomic mass is 16.6. The molecule has 0 saturated heterocycles. The van der Waals surface area contributed by atoms with E-state index in [1.807, 2.05) is 21.1 Å². The first-order chi connectivity index (χ1) is 10.9. The van der Waals surface area contributed by atoms with Crippen molar-refractivity contribution >= 4 is 17.7 Å². The van der Waals surface area contributed by atoms with E-state index in [4.69, 9.17) is 9.84 Å². The molecule has 0 amide bonds. The Balaban J connectivity index is 0.000000496. The summed E-state index contributed by atoms with van der Waals surface area (Å²) < 4.78 is 5.41. The van der Waals surface area contributed by atoms with Crippen molar-refractivity contribution in [2.24, 2.45) is 0 Å². The van der Waals surface area contributed by atoms with Gasteiger partial charge >= 0.3 is 5.97 Å². The lowest BCUT2D eigenvalue weighted by atomic mass is 10.2. The maximum Gasteiger partial charge on any atom is 0.335 e. The fraction of sp³-hybridized carbons (Fsp3) is 0.471. The van der Waals surface area contributed by atoms with Crippen LogP contribution >= 0.6 is 0 Å². The highest BCUT2D eigenvalue weighted by Gasteiger charge is 2.27. The minimum absolute atomic E-state index is 0.211. The first kappa shape index (κ1) is 21.8. The summed E-state index contributed by atoms with van der Waals surface area (Å²) in [4.78, 5) is 32.4. The molecule has 0 heterocycles. The molecule has 0 aliphatic carbocycles. The number of aliphatic hydroxyl groups excluding tert-OH is 1. The van der Waals surface area contributed by atoms with E-state index in [9.17, 15) is 19.5 Å². The molecule has 0 spiro atoms. The molecule has 1 N–H and O–H groups in total. The number of aromatic carboxylic acids is 1. The summed E-state index contributed by atoms with van der Waals surface area (Å²) in [5.74, 6) is -2.10. The molecule has 0 bridgehead atoms. The van der Waals surface area contributed by atoms with Gasteiger partial charge in [-0.15, -0.1) is 0 Å². The number of Topliss-reactive ketones (excluding diaryl/α,β-unsaturated/α-hetero) is 1. The second-order valence-electron chi connectivity index (χ2n) is 6.34. The average molecular weight is 339 g/mol. The number of aliphatic hydroxyl groups is 1. The SMILES string of the molecule is CC(=O)C(C[N+](C)(C)C)OC(=O)C(C)O.O=C([O-])c1ccccc1. The molecule has 0 fully saturated rings. The third-order valence-electron chi connectivity index (χ3n) is 2.78. The molecule has 7 heteroatoms. The van der Waals surface area contributed by atoms with E-state index in [0.717, 1.165) is 0 Å². The van der Waals surface area contributed by atoms with Crippen LogP contribution in [0, 0.1) is 0 Å². The van der Waals surface area contributed by atoms with Crippen LogP contribution in [0.4, 0.5) is 0 Å². The first-order valence-electron chi connectivity index (χ1n) is 7.40. The van der Waals surface area contributed by atoms with Gasteiger partial charge in [-0.2, -0.15) is 0 Å². The van der Waals surface area contributed by atoms with Gasteiger partial charge in [0, 0.05) is 0 Å². The predicted molar refractivity (Wildman–Crippen MR) is 85.9 cm³/mol. The highest BCUT2D eigenvalue weighted by Crippen LogP contribution is 2.03. The average Bonchev–Trinajstić information content (AvgIpc) is 2.46. The summed E-state index contributed by atoms with van der Waals surface area (Å²) in [5.41, 5.74) is 0.220. The lowest BCUT2D eigenvalue weighted by Crippen LogP contribution is -2.46. The quantitative estimate of drug-likeness (QED) is 0.560. The van der Waals surface area contributed by atoms with Gasteiger partial charge in [-0.3, -0.25) is 4.79 Å². The van der Waals surface area contributed by atoms with E-state index in [-0.39, 0.29) is 11.3 Å². The zero-order valence-corrected chi connectivity index (χ0v) is 14.7. The van der Waals surface area contributed by atoms with Crippen molar-refractivity contribution in [3.05, 3.63) is 35.9 Å². The van der Waals surface area contributed by atoms with Gasteiger partial charge in [-0.1, -0.05) is 30.3 Å². The van der Waals surface area contributed by atoms with Crippen LogP contribution in [0.2, 0.25) is 0 Å². The van der Waals surface area contributed by atoms with Crippen molar-refractivity contribution in [2.75, 3.05) is 27.7 Å². The number of carboxylic acid groups (broad SMARTS) is 1. The maximum absolute atomic E-state index is 11.2. The van der Waals surface area contributed by atoms with Crippen LogP contribution in [0.3, 0.4) is 0 Å². The summed E-state index contributed by atoms with van der Waals surface area (Å²) in [6.45, 7) is 3.08. The lowest BCUT2D eigenvalue weighted by Gasteiger charge is -2.27. The number of quaternary nitrogens is 1. The van der Waals surface area contributed by atoms with Crippen LogP contribution in [-0.4, -0.2) is 67.2 Å².